The van der Waals surface area contributed by atoms with Crippen LogP contribution in [0.1, 0.15) is 18.4 Å². The maximum atomic E-state index is 13.3. The fourth-order valence-corrected chi connectivity index (χ4v) is 5.01. The van der Waals surface area contributed by atoms with Gasteiger partial charge in [0, 0.05) is 33.7 Å². The van der Waals surface area contributed by atoms with Crippen molar-refractivity contribution in [3.8, 4) is 0 Å². The van der Waals surface area contributed by atoms with Crippen LogP contribution in [0.25, 0.3) is 0 Å². The number of halogens is 1. The Kier molecular flexibility index (Phi) is 6.21. The van der Waals surface area contributed by atoms with Crippen LogP contribution in [-0.2, 0) is 20.2 Å². The number of nitrogens with one attached hydrogen (secondary N) is 1. The average Bonchev–Trinajstić information content (AvgIpc) is 2.55. The normalized spacial score (nSPS) is 18.0. The molecule has 25 heavy (non-hydrogen) atoms. The van der Waals surface area contributed by atoms with E-state index in [-0.39, 0.29) is 22.9 Å². The van der Waals surface area contributed by atoms with Crippen LogP contribution in [-0.4, -0.2) is 59.2 Å². The van der Waals surface area contributed by atoms with Gasteiger partial charge in [-0.2, -0.15) is 17.0 Å². The second kappa shape index (κ2) is 7.67. The molecule has 7 nitrogen and oxygen atoms in total. The van der Waals surface area contributed by atoms with Gasteiger partial charge in [-0.3, -0.25) is 0 Å². The summed E-state index contributed by atoms with van der Waals surface area (Å²) in [6.07, 6.45) is 1.16. The van der Waals surface area contributed by atoms with Gasteiger partial charge < -0.3 is 0 Å². The molecule has 1 aliphatic rings. The molecule has 0 amide bonds. The lowest BCUT2D eigenvalue weighted by Crippen LogP contribution is -2.45. The summed E-state index contributed by atoms with van der Waals surface area (Å²) >= 11 is 0. The van der Waals surface area contributed by atoms with Gasteiger partial charge in [-0.05, 0) is 49.4 Å². The molecule has 1 aromatic rings. The monoisotopic (exact) mass is 393 g/mol. The standard InChI is InChI=1S/C15H24FN3O4S2/c1-12-10-14(4-5-15(12)16)24(20,21)17-11-13-6-8-19(9-7-13)25(22,23)18(2)3/h4-5,10,13,17H,6-9,11H2,1-3H3. The maximum absolute atomic E-state index is 13.3. The molecule has 0 radical (unpaired) electrons. The molecule has 0 aliphatic carbocycles. The number of hydrogen-bond acceptors (Lipinski definition) is 4. The highest BCUT2D eigenvalue weighted by Crippen LogP contribution is 2.21. The van der Waals surface area contributed by atoms with Crippen LogP contribution in [0.4, 0.5) is 4.39 Å². The van der Waals surface area contributed by atoms with Gasteiger partial charge in [0.15, 0.2) is 0 Å². The summed E-state index contributed by atoms with van der Waals surface area (Å²) in [5.41, 5.74) is 0.269. The van der Waals surface area contributed by atoms with E-state index in [0.717, 1.165) is 6.07 Å². The highest BCUT2D eigenvalue weighted by Gasteiger charge is 2.30. The Balaban J connectivity index is 1.93. The van der Waals surface area contributed by atoms with E-state index in [0.29, 0.717) is 25.9 Å². The summed E-state index contributed by atoms with van der Waals surface area (Å²) in [6, 6.07) is 3.66. The minimum atomic E-state index is -3.71. The zero-order chi connectivity index (χ0) is 18.8. The molecule has 1 fully saturated rings. The molecule has 1 N–H and O–H groups in total. The minimum Gasteiger partial charge on any atom is -0.211 e. The van der Waals surface area contributed by atoms with Gasteiger partial charge in [-0.1, -0.05) is 0 Å². The van der Waals surface area contributed by atoms with Crippen LogP contribution in [0.15, 0.2) is 23.1 Å². The number of hydrogen-bond donors (Lipinski definition) is 1. The Bertz CT molecular complexity index is 817. The number of piperidine rings is 1. The van der Waals surface area contributed by atoms with Crippen molar-refractivity contribution in [3.63, 3.8) is 0 Å². The lowest BCUT2D eigenvalue weighted by molar-refractivity contribution is 0.263. The molecule has 0 atom stereocenters. The fraction of sp³-hybridized carbons (Fsp3) is 0.600. The lowest BCUT2D eigenvalue weighted by Gasteiger charge is -2.32. The first kappa shape index (κ1) is 20.2. The highest BCUT2D eigenvalue weighted by molar-refractivity contribution is 7.89. The zero-order valence-electron chi connectivity index (χ0n) is 14.6. The summed E-state index contributed by atoms with van der Waals surface area (Å²) in [7, 11) is -4.16. The highest BCUT2D eigenvalue weighted by atomic mass is 32.2. The number of rotatable bonds is 6. The Morgan fingerprint density at radius 1 is 1.20 bits per heavy atom. The van der Waals surface area contributed by atoms with Gasteiger partial charge >= 0.3 is 0 Å². The minimum absolute atomic E-state index is 0.0269. The van der Waals surface area contributed by atoms with E-state index in [4.69, 9.17) is 0 Å². The number of nitrogens with zero attached hydrogens (tertiary/aromatic N) is 2. The molecular weight excluding hydrogens is 369 g/mol. The third kappa shape index (κ3) is 4.76. The van der Waals surface area contributed by atoms with Crippen molar-refractivity contribution in [3.05, 3.63) is 29.6 Å². The predicted octanol–water partition coefficient (Wildman–Crippen LogP) is 0.931. The smallest absolute Gasteiger partial charge is 0.211 e. The summed E-state index contributed by atoms with van der Waals surface area (Å²) in [6.45, 7) is 2.47. The van der Waals surface area contributed by atoms with Gasteiger partial charge in [0.1, 0.15) is 5.82 Å². The molecule has 0 aromatic heterocycles. The van der Waals surface area contributed by atoms with E-state index in [2.05, 4.69) is 4.72 Å². The lowest BCUT2D eigenvalue weighted by atomic mass is 9.99. The summed E-state index contributed by atoms with van der Waals surface area (Å²) in [4.78, 5) is 0.0269. The maximum Gasteiger partial charge on any atom is 0.281 e. The molecule has 1 saturated heterocycles. The van der Waals surface area contributed by atoms with Crippen molar-refractivity contribution in [2.75, 3.05) is 33.7 Å². The van der Waals surface area contributed by atoms with Gasteiger partial charge in [0.25, 0.3) is 10.2 Å². The van der Waals surface area contributed by atoms with E-state index in [1.54, 1.807) is 0 Å². The predicted molar refractivity (Wildman–Crippen MR) is 93.2 cm³/mol. The van der Waals surface area contributed by atoms with E-state index in [9.17, 15) is 21.2 Å². The van der Waals surface area contributed by atoms with Gasteiger partial charge in [-0.25, -0.2) is 17.5 Å². The first-order chi connectivity index (χ1) is 11.5. The topological polar surface area (TPSA) is 86.8 Å². The molecule has 10 heteroatoms. The van der Waals surface area contributed by atoms with Crippen molar-refractivity contribution >= 4 is 20.2 Å². The molecule has 142 valence electrons. The van der Waals surface area contributed by atoms with Crippen LogP contribution in [0, 0.1) is 18.7 Å². The van der Waals surface area contributed by atoms with Crippen molar-refractivity contribution in [2.24, 2.45) is 5.92 Å². The molecule has 1 aliphatic heterocycles. The number of aryl methyl sites for hydroxylation is 1. The third-order valence-electron chi connectivity index (χ3n) is 4.36. The van der Waals surface area contributed by atoms with E-state index >= 15 is 0 Å². The first-order valence-corrected chi connectivity index (χ1v) is 10.9. The second-order valence-electron chi connectivity index (χ2n) is 6.40. The van der Waals surface area contributed by atoms with Crippen LogP contribution >= 0.6 is 0 Å². The van der Waals surface area contributed by atoms with Crippen LogP contribution in [0.3, 0.4) is 0 Å². The molecule has 2 rings (SSSR count). The Labute approximate surface area is 149 Å². The fourth-order valence-electron chi connectivity index (χ4n) is 2.67. The molecule has 0 spiro atoms. The SMILES string of the molecule is Cc1cc(S(=O)(=O)NCC2CCN(S(=O)(=O)N(C)C)CC2)ccc1F. The van der Waals surface area contributed by atoms with Gasteiger partial charge in [-0.15, -0.1) is 0 Å². The number of benzene rings is 1. The summed E-state index contributed by atoms with van der Waals surface area (Å²) in [5, 5.41) is 0. The third-order valence-corrected chi connectivity index (χ3v) is 7.72. The van der Waals surface area contributed by atoms with E-state index in [1.807, 2.05) is 0 Å². The van der Waals surface area contributed by atoms with Crippen molar-refractivity contribution in [1.82, 2.24) is 13.3 Å². The van der Waals surface area contributed by atoms with Crippen molar-refractivity contribution < 1.29 is 21.2 Å². The van der Waals surface area contributed by atoms with Crippen molar-refractivity contribution in [2.45, 2.75) is 24.7 Å². The Morgan fingerprint density at radius 3 is 2.32 bits per heavy atom. The summed E-state index contributed by atoms with van der Waals surface area (Å²) in [5.74, 6) is -0.390. The Hall–Kier alpha value is -1.07. The first-order valence-electron chi connectivity index (χ1n) is 7.97. The number of sulfonamides is 1. The van der Waals surface area contributed by atoms with Gasteiger partial charge in [0.2, 0.25) is 10.0 Å². The van der Waals surface area contributed by atoms with Crippen LogP contribution < -0.4 is 4.72 Å². The molecule has 0 unspecified atom stereocenters. The second-order valence-corrected chi connectivity index (χ2v) is 10.3. The largest absolute Gasteiger partial charge is 0.281 e. The molecule has 0 saturated carbocycles. The van der Waals surface area contributed by atoms with Gasteiger partial charge in [0.05, 0.1) is 4.90 Å². The van der Waals surface area contributed by atoms with Crippen LogP contribution in [0.2, 0.25) is 0 Å². The Morgan fingerprint density at radius 2 is 1.80 bits per heavy atom. The molecule has 0 bridgehead atoms. The van der Waals surface area contributed by atoms with Crippen LogP contribution in [0.5, 0.6) is 0 Å². The molecule has 1 aromatic carbocycles. The summed E-state index contributed by atoms with van der Waals surface area (Å²) < 4.78 is 67.1. The molecule has 1 heterocycles. The van der Waals surface area contributed by atoms with E-state index in [1.165, 1.54) is 41.8 Å². The zero-order valence-corrected chi connectivity index (χ0v) is 16.2. The van der Waals surface area contributed by atoms with Crippen molar-refractivity contribution in [1.29, 1.82) is 0 Å². The average molecular weight is 394 g/mol. The quantitative estimate of drug-likeness (QED) is 0.779. The molecular formula is C15H24FN3O4S2. The van der Waals surface area contributed by atoms with E-state index < -0.39 is 26.0 Å².